The minimum absolute atomic E-state index is 0.0472. The van der Waals surface area contributed by atoms with E-state index in [1.54, 1.807) is 11.8 Å². The van der Waals surface area contributed by atoms with Gasteiger partial charge in [0.05, 0.1) is 23.1 Å². The maximum atomic E-state index is 13.0. The molecule has 170 valence electrons. The molecule has 31 heavy (non-hydrogen) atoms. The summed E-state index contributed by atoms with van der Waals surface area (Å²) in [4.78, 5) is 25.8. The molecule has 2 saturated heterocycles. The molecular weight excluding hydrogens is 428 g/mol. The van der Waals surface area contributed by atoms with Gasteiger partial charge >= 0.3 is 0 Å². The molecule has 5 nitrogen and oxygen atoms in total. The molecule has 3 N–H and O–H groups in total. The number of aryl methyl sites for hydroxylation is 1. The highest BCUT2D eigenvalue weighted by Gasteiger charge is 2.44. The summed E-state index contributed by atoms with van der Waals surface area (Å²) in [6.45, 7) is -0.0472. The lowest BCUT2D eigenvalue weighted by Gasteiger charge is -2.24. The Labute approximate surface area is 193 Å². The van der Waals surface area contributed by atoms with Gasteiger partial charge in [-0.1, -0.05) is 43.5 Å². The second-order valence-corrected chi connectivity index (χ2v) is 11.2. The number of thioether (sulfide) groups is 2. The van der Waals surface area contributed by atoms with Crippen molar-refractivity contribution in [3.05, 3.63) is 35.4 Å². The molecule has 1 aromatic carbocycles. The Morgan fingerprint density at radius 3 is 2.61 bits per heavy atom. The maximum absolute atomic E-state index is 13.0. The smallest absolute Gasteiger partial charge is 0.165 e. The van der Waals surface area contributed by atoms with Gasteiger partial charge in [-0.15, -0.1) is 23.5 Å². The second-order valence-electron chi connectivity index (χ2n) is 8.98. The monoisotopic (exact) mass is 462 g/mol. The highest BCUT2D eigenvalue weighted by molar-refractivity contribution is 8.01. The maximum Gasteiger partial charge on any atom is 0.165 e. The molecule has 0 saturated carbocycles. The number of aliphatic hydroxyl groups is 1. The standard InChI is InChI=1S/C24H34N2O3S2/c27-13-19-23(30-14-25-19)22(29)21-24(31-15-26-21)20(28)9-3-1-2-6-16-10-11-17-7-4-5-8-18(17)12-16/h4-5,7-8,16,19,21,23-27H,1-3,6,9-15H2/t16-,19-,21-,23?,24?/m1/s1. The minimum atomic E-state index is -0.411. The van der Waals surface area contributed by atoms with Crippen molar-refractivity contribution in [2.75, 3.05) is 18.4 Å². The molecule has 3 aliphatic rings. The summed E-state index contributed by atoms with van der Waals surface area (Å²) in [5.41, 5.74) is 3.04. The van der Waals surface area contributed by atoms with E-state index in [0.29, 0.717) is 18.2 Å². The van der Waals surface area contributed by atoms with E-state index < -0.39 is 6.04 Å². The number of benzene rings is 1. The third-order valence-electron chi connectivity index (χ3n) is 6.93. The number of rotatable bonds is 10. The first-order chi connectivity index (χ1) is 15.2. The van der Waals surface area contributed by atoms with E-state index in [2.05, 4.69) is 34.9 Å². The second kappa shape index (κ2) is 11.3. The summed E-state index contributed by atoms with van der Waals surface area (Å²) in [5.74, 6) is 2.36. The van der Waals surface area contributed by atoms with E-state index in [1.807, 2.05) is 0 Å². The first kappa shape index (κ1) is 23.3. The van der Waals surface area contributed by atoms with E-state index >= 15 is 0 Å². The summed E-state index contributed by atoms with van der Waals surface area (Å²) in [7, 11) is 0. The van der Waals surface area contributed by atoms with Crippen LogP contribution in [0.1, 0.15) is 49.7 Å². The normalized spacial score (nSPS) is 30.3. The highest BCUT2D eigenvalue weighted by Crippen LogP contribution is 2.31. The topological polar surface area (TPSA) is 78.4 Å². The Balaban J connectivity index is 1.17. The Morgan fingerprint density at radius 2 is 1.77 bits per heavy atom. The zero-order chi connectivity index (χ0) is 21.6. The predicted molar refractivity (Wildman–Crippen MR) is 128 cm³/mol. The molecule has 0 spiro atoms. The van der Waals surface area contributed by atoms with Gasteiger partial charge in [-0.05, 0) is 42.7 Å². The van der Waals surface area contributed by atoms with Crippen LogP contribution in [0.5, 0.6) is 0 Å². The molecule has 0 amide bonds. The Morgan fingerprint density at radius 1 is 1.00 bits per heavy atom. The van der Waals surface area contributed by atoms with Crippen LogP contribution in [0, 0.1) is 5.92 Å². The van der Waals surface area contributed by atoms with Crippen molar-refractivity contribution in [1.29, 1.82) is 0 Å². The van der Waals surface area contributed by atoms with Gasteiger partial charge in [-0.2, -0.15) is 0 Å². The van der Waals surface area contributed by atoms with E-state index in [-0.39, 0.29) is 34.7 Å². The molecule has 0 aromatic heterocycles. The molecule has 1 aromatic rings. The zero-order valence-corrected chi connectivity index (χ0v) is 19.7. The number of carbonyl (C=O) groups excluding carboxylic acids is 2. The molecule has 2 heterocycles. The van der Waals surface area contributed by atoms with Crippen molar-refractivity contribution in [2.45, 2.75) is 74.0 Å². The lowest BCUT2D eigenvalue weighted by atomic mass is 9.81. The molecule has 2 aliphatic heterocycles. The van der Waals surface area contributed by atoms with Crippen molar-refractivity contribution in [1.82, 2.24) is 10.6 Å². The summed E-state index contributed by atoms with van der Waals surface area (Å²) < 4.78 is 0. The quantitative estimate of drug-likeness (QED) is 0.462. The number of hydrogen-bond acceptors (Lipinski definition) is 7. The fraction of sp³-hybridized carbons (Fsp3) is 0.667. The van der Waals surface area contributed by atoms with Crippen LogP contribution in [0.3, 0.4) is 0 Å². The summed E-state index contributed by atoms with van der Waals surface area (Å²) in [6, 6.07) is 8.21. The van der Waals surface area contributed by atoms with Gasteiger partial charge in [0, 0.05) is 24.2 Å². The van der Waals surface area contributed by atoms with Gasteiger partial charge in [0.2, 0.25) is 0 Å². The molecule has 4 rings (SSSR count). The number of hydrogen-bond donors (Lipinski definition) is 3. The number of unbranched alkanes of at least 4 members (excludes halogenated alkanes) is 2. The third kappa shape index (κ3) is 5.74. The average molecular weight is 463 g/mol. The molecule has 7 heteroatoms. The van der Waals surface area contributed by atoms with Gasteiger partial charge in [0.15, 0.2) is 5.78 Å². The summed E-state index contributed by atoms with van der Waals surface area (Å²) in [5, 5.41) is 15.3. The van der Waals surface area contributed by atoms with E-state index in [1.165, 1.54) is 55.0 Å². The predicted octanol–water partition coefficient (Wildman–Crippen LogP) is 2.93. The first-order valence-corrected chi connectivity index (χ1v) is 13.7. The fourth-order valence-electron chi connectivity index (χ4n) is 5.12. The first-order valence-electron chi connectivity index (χ1n) is 11.6. The van der Waals surface area contributed by atoms with Crippen molar-refractivity contribution in [3.63, 3.8) is 0 Å². The number of carbonyl (C=O) groups is 2. The van der Waals surface area contributed by atoms with Crippen LogP contribution >= 0.6 is 23.5 Å². The molecule has 0 radical (unpaired) electrons. The Bertz CT molecular complexity index is 775. The van der Waals surface area contributed by atoms with Gasteiger partial charge in [0.25, 0.3) is 0 Å². The van der Waals surface area contributed by atoms with Crippen LogP contribution in [0.4, 0.5) is 0 Å². The van der Waals surface area contributed by atoms with Gasteiger partial charge < -0.3 is 10.4 Å². The van der Waals surface area contributed by atoms with Crippen molar-refractivity contribution in [3.8, 4) is 0 Å². The van der Waals surface area contributed by atoms with Gasteiger partial charge in [-0.3, -0.25) is 14.9 Å². The molecule has 2 unspecified atom stereocenters. The number of nitrogens with one attached hydrogen (secondary N) is 2. The van der Waals surface area contributed by atoms with Crippen molar-refractivity contribution >= 4 is 35.1 Å². The molecule has 5 atom stereocenters. The largest absolute Gasteiger partial charge is 0.395 e. The number of aliphatic hydroxyl groups excluding tert-OH is 1. The van der Waals surface area contributed by atoms with E-state index in [4.69, 9.17) is 0 Å². The van der Waals surface area contributed by atoms with Crippen LogP contribution in [-0.4, -0.2) is 57.6 Å². The fourth-order valence-corrected chi connectivity index (χ4v) is 7.51. The number of Topliss-reactive ketones (excluding diaryl/α,β-unsaturated/α-hetero) is 2. The number of fused-ring (bicyclic) bond motifs is 1. The van der Waals surface area contributed by atoms with Gasteiger partial charge in [0.1, 0.15) is 5.78 Å². The molecule has 1 aliphatic carbocycles. The van der Waals surface area contributed by atoms with Crippen LogP contribution in [0.2, 0.25) is 0 Å². The lowest BCUT2D eigenvalue weighted by molar-refractivity contribution is -0.125. The van der Waals surface area contributed by atoms with Crippen LogP contribution < -0.4 is 10.6 Å². The lowest BCUT2D eigenvalue weighted by Crippen LogP contribution is -2.50. The van der Waals surface area contributed by atoms with Crippen molar-refractivity contribution < 1.29 is 14.7 Å². The minimum Gasteiger partial charge on any atom is -0.395 e. The van der Waals surface area contributed by atoms with Crippen LogP contribution in [-0.2, 0) is 22.4 Å². The van der Waals surface area contributed by atoms with E-state index in [0.717, 1.165) is 18.8 Å². The molecule has 2 fully saturated rings. The van der Waals surface area contributed by atoms with Gasteiger partial charge in [-0.25, -0.2) is 0 Å². The van der Waals surface area contributed by atoms with Crippen LogP contribution in [0.25, 0.3) is 0 Å². The SMILES string of the molecule is O=C(CCCCC[C@@H]1CCc2ccccc2C1)C1SCN[C@@H]1C(=O)C1SCN[C@@H]1CO. The van der Waals surface area contributed by atoms with E-state index in [9.17, 15) is 14.7 Å². The summed E-state index contributed by atoms with van der Waals surface area (Å²) >= 11 is 3.10. The molecular formula is C24H34N2O3S2. The van der Waals surface area contributed by atoms with Crippen molar-refractivity contribution in [2.24, 2.45) is 5.92 Å². The Kier molecular flexibility index (Phi) is 8.51. The van der Waals surface area contributed by atoms with Crippen LogP contribution in [0.15, 0.2) is 24.3 Å². The average Bonchev–Trinajstić information content (AvgIpc) is 3.48. The third-order valence-corrected chi connectivity index (χ3v) is 9.41. The number of ketones is 2. The zero-order valence-electron chi connectivity index (χ0n) is 18.1. The summed E-state index contributed by atoms with van der Waals surface area (Å²) in [6.07, 6.45) is 8.68. The highest BCUT2D eigenvalue weighted by atomic mass is 32.2. The Hall–Kier alpha value is -0.860. The molecule has 0 bridgehead atoms.